The summed E-state index contributed by atoms with van der Waals surface area (Å²) in [4.78, 5) is 91.8. The number of benzene rings is 4. The molecule has 0 aliphatic heterocycles. The van der Waals surface area contributed by atoms with Gasteiger partial charge in [-0.1, -0.05) is 12.1 Å². The van der Waals surface area contributed by atoms with Crippen molar-refractivity contribution in [2.75, 3.05) is 42.5 Å². The molecule has 33 nitrogen and oxygen atoms in total. The molecule has 10 aromatic rings. The Hall–Kier alpha value is -10.2. The van der Waals surface area contributed by atoms with Gasteiger partial charge in [0.1, 0.15) is 44.0 Å². The van der Waals surface area contributed by atoms with Crippen LogP contribution in [-0.2, 0) is 82.8 Å². The number of hydrogen-bond donors (Lipinski definition) is 12. The second-order valence-electron chi connectivity index (χ2n) is 21.2. The van der Waals surface area contributed by atoms with E-state index in [-0.39, 0.29) is 131 Å². The van der Waals surface area contributed by atoms with Gasteiger partial charge in [-0.2, -0.15) is 33.7 Å². The largest absolute Gasteiger partial charge is 0.344 e. The Morgan fingerprint density at radius 1 is 0.295 bits per heavy atom. The fourth-order valence-electron chi connectivity index (χ4n) is 10.2. The second kappa shape index (κ2) is 26.0. The van der Waals surface area contributed by atoms with E-state index in [4.69, 9.17) is 0 Å². The molecule has 6 aromatic heterocycles. The average molecular weight is 1390 g/mol. The van der Waals surface area contributed by atoms with Crippen LogP contribution in [0.4, 0.5) is 50.3 Å². The smallest absolute Gasteiger partial charge is 0.323 e. The number of amides is 8. The average Bonchev–Trinajstić information content (AvgIpc) is 1.70. The van der Waals surface area contributed by atoms with Gasteiger partial charge in [0, 0.05) is 142 Å². The van der Waals surface area contributed by atoms with E-state index in [0.717, 1.165) is 48.5 Å². The summed E-state index contributed by atoms with van der Waals surface area (Å²) >= 11 is 0. The van der Waals surface area contributed by atoms with E-state index < -0.39 is 102 Å². The van der Waals surface area contributed by atoms with Crippen LogP contribution >= 0.6 is 0 Å². The van der Waals surface area contributed by atoms with Crippen LogP contribution in [0.1, 0.15) is 62.9 Å². The summed E-state index contributed by atoms with van der Waals surface area (Å²) in [5.41, 5.74) is 1.51. The van der Waals surface area contributed by atoms with Crippen LogP contribution < -0.4 is 42.5 Å². The molecule has 0 aliphatic rings. The molecule has 95 heavy (non-hydrogen) atoms. The molecule has 6 heterocycles. The maximum atomic E-state index is 13.6. The van der Waals surface area contributed by atoms with E-state index in [2.05, 4.69) is 42.5 Å². The van der Waals surface area contributed by atoms with Gasteiger partial charge in [0.05, 0.1) is 43.9 Å². The van der Waals surface area contributed by atoms with Gasteiger partial charge >= 0.3 is 6.03 Å². The number of anilines is 8. The molecular formula is C57H52N14NaO19S4. The summed E-state index contributed by atoms with van der Waals surface area (Å²) in [6.45, 7) is 0. The van der Waals surface area contributed by atoms with Crippen LogP contribution in [-0.4, -0.2) is 150 Å². The van der Waals surface area contributed by atoms with Crippen LogP contribution in [0.25, 0.3) is 21.5 Å². The molecule has 0 fully saturated rings. The minimum absolute atomic E-state index is 0. The van der Waals surface area contributed by atoms with Crippen LogP contribution in [0.2, 0.25) is 0 Å². The van der Waals surface area contributed by atoms with Gasteiger partial charge in [-0.25, -0.2) is 4.79 Å². The van der Waals surface area contributed by atoms with Crippen molar-refractivity contribution in [1.29, 1.82) is 0 Å². The number of nitrogens with one attached hydrogen (secondary N) is 8. The van der Waals surface area contributed by atoms with Crippen molar-refractivity contribution in [2.24, 2.45) is 42.3 Å². The molecule has 1 radical (unpaired) electrons. The van der Waals surface area contributed by atoms with Crippen LogP contribution in [0, 0.1) is 0 Å². The first-order valence-electron chi connectivity index (χ1n) is 26.9. The molecule has 0 bridgehead atoms. The van der Waals surface area contributed by atoms with E-state index in [9.17, 15) is 85.4 Å². The molecule has 4 aromatic carbocycles. The van der Waals surface area contributed by atoms with Gasteiger partial charge in [0.2, 0.25) is 0 Å². The predicted octanol–water partition coefficient (Wildman–Crippen LogP) is 5.79. The Labute approximate surface area is 560 Å². The number of carbonyl (C=O) groups excluding carboxylic acids is 7. The van der Waals surface area contributed by atoms with Crippen LogP contribution in [0.3, 0.4) is 0 Å². The number of aromatic nitrogens is 6. The Morgan fingerprint density at radius 2 is 0.526 bits per heavy atom. The zero-order valence-corrected chi connectivity index (χ0v) is 55.7. The van der Waals surface area contributed by atoms with Crippen molar-refractivity contribution < 1.29 is 85.4 Å². The van der Waals surface area contributed by atoms with Crippen molar-refractivity contribution in [3.63, 3.8) is 0 Å². The van der Waals surface area contributed by atoms with Crippen molar-refractivity contribution >= 4 is 179 Å². The minimum Gasteiger partial charge on any atom is -0.344 e. The third-order valence-corrected chi connectivity index (χ3v) is 18.0. The van der Waals surface area contributed by atoms with E-state index in [1.54, 1.807) is 28.2 Å². The van der Waals surface area contributed by atoms with Gasteiger partial charge in [0.15, 0.2) is 0 Å². The Balaban J connectivity index is 0.0000106. The first kappa shape index (κ1) is 69.2. The second-order valence-corrected chi connectivity index (χ2v) is 26.8. The summed E-state index contributed by atoms with van der Waals surface area (Å²) in [6.07, 6.45) is 8.72. The molecule has 0 aliphatic carbocycles. The minimum atomic E-state index is -4.89. The summed E-state index contributed by atoms with van der Waals surface area (Å²) in [5.74, 6) is -4.03. The Morgan fingerprint density at radius 3 is 0.758 bits per heavy atom. The van der Waals surface area contributed by atoms with E-state index in [0.29, 0.717) is 0 Å². The fraction of sp³-hybridized carbons (Fsp3) is 0.105. The zero-order valence-electron chi connectivity index (χ0n) is 50.4. The normalized spacial score (nSPS) is 11.8. The quantitative estimate of drug-likeness (QED) is 0.0357. The molecule has 489 valence electrons. The number of hydrogen-bond acceptors (Lipinski definition) is 15. The van der Waals surface area contributed by atoms with Crippen LogP contribution in [0.5, 0.6) is 0 Å². The van der Waals surface area contributed by atoms with Gasteiger partial charge in [-0.15, -0.1) is 0 Å². The fourth-order valence-corrected chi connectivity index (χ4v) is 12.6. The van der Waals surface area contributed by atoms with Crippen molar-refractivity contribution in [3.05, 3.63) is 168 Å². The third kappa shape index (κ3) is 14.9. The SMILES string of the molecule is Cn1cc(NC(=O)Nc2cc(C(=O)Nc3cc(C(=O)Nc4cc(C(=O)Nc5ccc(S(=O)(=O)O)c6cc(S(=O)(=O)O)ccc56)n(C)c4)n(C)c3)n(C)c2)cc1C(=O)Nc1cc(C(=O)Nc2cc(C(=O)Nc3ccc(S(=O)(=O)O)c4cc(S(=O)(=O)O)ccc34)n(C)c2)n(C)c1.[Na]. The summed E-state index contributed by atoms with van der Waals surface area (Å²) in [5, 5.41) is 20.6. The van der Waals surface area contributed by atoms with Gasteiger partial charge < -0.3 is 69.9 Å². The standard InChI is InChI=1S/C57H52N14O19S4.Na/c1-66-23-29(15-43(66)51(72)60-31-17-47(68(3)25-31)55(76)64-41-11-13-49(93(85,86)87)39-21-35(91(79,80)81)7-9-37(39)41)58-53(74)45-19-33(27-70(45)5)62-57(78)63-34-20-46(71(6)28-34)54(75)59-30-16-44(67(2)24-30)52(73)61-32-18-48(69(4)26-32)56(77)65-42-12-14-50(94(88,89)90)40-22-36(92(82,83)84)8-10-38(40)42;/h7-28H,1-6H3,(H,58,74)(H,59,75)(H,60,72)(H,61,73)(H,64,76)(H,65,77)(H2,62,63,78)(H,79,80,81)(H,82,83,84)(H,85,86,87)(H,88,89,90);. The Kier molecular flexibility index (Phi) is 18.9. The molecule has 0 spiro atoms. The summed E-state index contributed by atoms with van der Waals surface area (Å²) < 4.78 is 143. The number of rotatable bonds is 18. The van der Waals surface area contributed by atoms with E-state index >= 15 is 0 Å². The third-order valence-electron chi connectivity index (χ3n) is 14.5. The first-order chi connectivity index (χ1) is 43.9. The summed E-state index contributed by atoms with van der Waals surface area (Å²) in [6, 6.07) is 17.6. The van der Waals surface area contributed by atoms with Crippen molar-refractivity contribution in [2.45, 2.75) is 19.6 Å². The molecule has 0 saturated carbocycles. The maximum Gasteiger partial charge on any atom is 0.323 e. The number of urea groups is 1. The molecular weight excluding hydrogens is 1340 g/mol. The number of carbonyl (C=O) groups is 7. The number of aryl methyl sites for hydroxylation is 6. The first-order valence-corrected chi connectivity index (χ1v) is 32.6. The molecule has 12 N–H and O–H groups in total. The van der Waals surface area contributed by atoms with Gasteiger partial charge in [-0.05, 0) is 84.9 Å². The van der Waals surface area contributed by atoms with Gasteiger partial charge in [-0.3, -0.25) is 47.0 Å². The summed E-state index contributed by atoms with van der Waals surface area (Å²) in [7, 11) is -10.2. The van der Waals surface area contributed by atoms with Crippen molar-refractivity contribution in [1.82, 2.24) is 27.4 Å². The maximum absolute atomic E-state index is 13.6. The molecule has 0 atom stereocenters. The van der Waals surface area contributed by atoms with Gasteiger partial charge in [0.25, 0.3) is 75.9 Å². The molecule has 10 rings (SSSR count). The molecule has 38 heteroatoms. The number of nitrogens with zero attached hydrogens (tertiary/aromatic N) is 6. The Bertz CT molecular complexity index is 5080. The van der Waals surface area contributed by atoms with Crippen LogP contribution in [0.15, 0.2) is 154 Å². The van der Waals surface area contributed by atoms with Crippen molar-refractivity contribution in [3.8, 4) is 0 Å². The topological polar surface area (TPSA) is 463 Å². The predicted molar refractivity (Wildman–Crippen MR) is 346 cm³/mol. The van der Waals surface area contributed by atoms with E-state index in [1.807, 2.05) is 0 Å². The number of fused-ring (bicyclic) bond motifs is 2. The molecule has 0 unspecified atom stereocenters. The van der Waals surface area contributed by atoms with E-state index in [1.165, 1.54) is 127 Å². The molecule has 8 amide bonds. The monoisotopic (exact) mass is 1390 g/mol. The molecule has 0 saturated heterocycles. The zero-order chi connectivity index (χ0) is 68.4.